The van der Waals surface area contributed by atoms with Crippen LogP contribution in [0.2, 0.25) is 0 Å². The molecule has 1 fully saturated rings. The molecule has 1 unspecified atom stereocenters. The molecule has 0 aliphatic carbocycles. The lowest BCUT2D eigenvalue weighted by Gasteiger charge is -2.37. The highest BCUT2D eigenvalue weighted by atomic mass is 16.5. The molecule has 5 nitrogen and oxygen atoms in total. The summed E-state index contributed by atoms with van der Waals surface area (Å²) in [6.07, 6.45) is 4.90. The molecule has 110 valence electrons. The fraction of sp³-hybridized carbons (Fsp3) is 0.600. The van der Waals surface area contributed by atoms with Crippen LogP contribution in [0.15, 0.2) is 22.8 Å². The van der Waals surface area contributed by atoms with E-state index in [0.717, 1.165) is 19.3 Å². The van der Waals surface area contributed by atoms with Crippen molar-refractivity contribution in [1.29, 1.82) is 0 Å². The van der Waals surface area contributed by atoms with Crippen molar-refractivity contribution in [3.8, 4) is 0 Å². The van der Waals surface area contributed by atoms with E-state index in [0.29, 0.717) is 19.6 Å². The van der Waals surface area contributed by atoms with Crippen LogP contribution < -0.4 is 0 Å². The molecule has 0 N–H and O–H groups in total. The van der Waals surface area contributed by atoms with E-state index in [2.05, 4.69) is 0 Å². The average Bonchev–Trinajstić information content (AvgIpc) is 2.89. The van der Waals surface area contributed by atoms with Crippen LogP contribution in [-0.4, -0.2) is 35.5 Å². The molecule has 0 bridgehead atoms. The van der Waals surface area contributed by atoms with Gasteiger partial charge in [0.05, 0.1) is 12.9 Å². The molecule has 1 aliphatic rings. The van der Waals surface area contributed by atoms with Crippen LogP contribution in [0.3, 0.4) is 0 Å². The van der Waals surface area contributed by atoms with Gasteiger partial charge in [0.2, 0.25) is 0 Å². The Balaban J connectivity index is 2.29. The molecule has 20 heavy (non-hydrogen) atoms. The number of carbonyl (C=O) groups excluding carboxylic acids is 2. The van der Waals surface area contributed by atoms with Crippen molar-refractivity contribution in [2.24, 2.45) is 0 Å². The van der Waals surface area contributed by atoms with Gasteiger partial charge < -0.3 is 14.1 Å². The summed E-state index contributed by atoms with van der Waals surface area (Å²) in [6.45, 7) is 4.43. The van der Waals surface area contributed by atoms with Crippen LogP contribution in [0.1, 0.15) is 50.1 Å². The Morgan fingerprint density at radius 2 is 2.20 bits per heavy atom. The van der Waals surface area contributed by atoms with E-state index in [1.807, 2.05) is 0 Å². The van der Waals surface area contributed by atoms with Crippen molar-refractivity contribution in [3.05, 3.63) is 24.2 Å². The standard InChI is InChI=1S/C15H21NO4/c1-3-19-14(18)15(2)9-5-4-6-10-16(15)13(17)12-8-7-11-20-12/h7-8,11H,3-6,9-10H2,1-2H3. The summed E-state index contributed by atoms with van der Waals surface area (Å²) < 4.78 is 10.4. The Bertz CT molecular complexity index is 468. The highest BCUT2D eigenvalue weighted by molar-refractivity contribution is 5.96. The summed E-state index contributed by atoms with van der Waals surface area (Å²) in [7, 11) is 0. The zero-order chi connectivity index (χ0) is 14.6. The molecule has 0 radical (unpaired) electrons. The second kappa shape index (κ2) is 6.11. The fourth-order valence-corrected chi connectivity index (χ4v) is 2.66. The molecule has 1 atom stereocenters. The summed E-state index contributed by atoms with van der Waals surface area (Å²) >= 11 is 0. The molecule has 2 rings (SSSR count). The maximum Gasteiger partial charge on any atom is 0.331 e. The number of esters is 1. The monoisotopic (exact) mass is 279 g/mol. The van der Waals surface area contributed by atoms with E-state index in [4.69, 9.17) is 9.15 Å². The molecule has 1 amide bonds. The van der Waals surface area contributed by atoms with Gasteiger partial charge in [0, 0.05) is 6.54 Å². The van der Waals surface area contributed by atoms with Crippen LogP contribution >= 0.6 is 0 Å². The maximum absolute atomic E-state index is 12.6. The van der Waals surface area contributed by atoms with Crippen molar-refractivity contribution in [2.45, 2.75) is 45.1 Å². The Kier molecular flexibility index (Phi) is 4.47. The summed E-state index contributed by atoms with van der Waals surface area (Å²) in [5.41, 5.74) is -0.906. The lowest BCUT2D eigenvalue weighted by molar-refractivity contribution is -0.155. The molecule has 0 aromatic carbocycles. The van der Waals surface area contributed by atoms with E-state index in [-0.39, 0.29) is 17.6 Å². The van der Waals surface area contributed by atoms with Gasteiger partial charge in [-0.15, -0.1) is 0 Å². The number of rotatable bonds is 3. The summed E-state index contributed by atoms with van der Waals surface area (Å²) in [5, 5.41) is 0. The minimum Gasteiger partial charge on any atom is -0.464 e. The van der Waals surface area contributed by atoms with Crippen molar-refractivity contribution in [1.82, 2.24) is 4.90 Å². The number of nitrogens with zero attached hydrogens (tertiary/aromatic N) is 1. The number of hydrogen-bond donors (Lipinski definition) is 0. The second-order valence-corrected chi connectivity index (χ2v) is 5.24. The number of hydrogen-bond acceptors (Lipinski definition) is 4. The second-order valence-electron chi connectivity index (χ2n) is 5.24. The van der Waals surface area contributed by atoms with Gasteiger partial charge in [-0.25, -0.2) is 4.79 Å². The first kappa shape index (κ1) is 14.6. The van der Waals surface area contributed by atoms with Gasteiger partial charge >= 0.3 is 5.97 Å². The first-order valence-corrected chi connectivity index (χ1v) is 7.12. The number of carbonyl (C=O) groups is 2. The van der Waals surface area contributed by atoms with Crippen molar-refractivity contribution >= 4 is 11.9 Å². The van der Waals surface area contributed by atoms with E-state index in [1.165, 1.54) is 6.26 Å². The molecule has 5 heteroatoms. The third-order valence-corrected chi connectivity index (χ3v) is 3.83. The smallest absolute Gasteiger partial charge is 0.331 e. The summed E-state index contributed by atoms with van der Waals surface area (Å²) in [5.74, 6) is -0.309. The number of likely N-dealkylation sites (tertiary alicyclic amines) is 1. The SMILES string of the molecule is CCOC(=O)C1(C)CCCCCN1C(=O)c1ccco1. The summed E-state index contributed by atoms with van der Waals surface area (Å²) in [6, 6.07) is 3.30. The van der Waals surface area contributed by atoms with Gasteiger partial charge in [-0.3, -0.25) is 4.79 Å². The van der Waals surface area contributed by atoms with Crippen LogP contribution in [0.25, 0.3) is 0 Å². The van der Waals surface area contributed by atoms with Crippen LogP contribution in [0.4, 0.5) is 0 Å². The van der Waals surface area contributed by atoms with E-state index in [1.54, 1.807) is 30.9 Å². The minimum atomic E-state index is -0.906. The molecule has 1 aromatic heterocycles. The molecule has 0 saturated carbocycles. The third kappa shape index (κ3) is 2.71. The number of furan rings is 1. The maximum atomic E-state index is 12.6. The Hall–Kier alpha value is -1.78. The zero-order valence-electron chi connectivity index (χ0n) is 12.1. The minimum absolute atomic E-state index is 0.243. The first-order chi connectivity index (χ1) is 9.59. The van der Waals surface area contributed by atoms with Crippen molar-refractivity contribution in [2.75, 3.05) is 13.2 Å². The topological polar surface area (TPSA) is 59.8 Å². The Labute approximate surface area is 118 Å². The van der Waals surface area contributed by atoms with E-state index in [9.17, 15) is 9.59 Å². The predicted molar refractivity (Wildman–Crippen MR) is 73.3 cm³/mol. The lowest BCUT2D eigenvalue weighted by atomic mass is 9.94. The van der Waals surface area contributed by atoms with Crippen molar-refractivity contribution < 1.29 is 18.7 Å². The quantitative estimate of drug-likeness (QED) is 0.798. The highest BCUT2D eigenvalue weighted by Gasteiger charge is 2.44. The van der Waals surface area contributed by atoms with Gasteiger partial charge in [-0.1, -0.05) is 12.8 Å². The largest absolute Gasteiger partial charge is 0.464 e. The third-order valence-electron chi connectivity index (χ3n) is 3.83. The molecule has 1 aliphatic heterocycles. The van der Waals surface area contributed by atoms with Gasteiger partial charge in [-0.2, -0.15) is 0 Å². The molecule has 1 saturated heterocycles. The Morgan fingerprint density at radius 1 is 1.40 bits per heavy atom. The molecular weight excluding hydrogens is 258 g/mol. The lowest BCUT2D eigenvalue weighted by Crippen LogP contribution is -2.55. The molecule has 0 spiro atoms. The molecule has 1 aromatic rings. The summed E-state index contributed by atoms with van der Waals surface area (Å²) in [4.78, 5) is 26.5. The van der Waals surface area contributed by atoms with Crippen molar-refractivity contribution in [3.63, 3.8) is 0 Å². The van der Waals surface area contributed by atoms with Crippen LogP contribution in [-0.2, 0) is 9.53 Å². The average molecular weight is 279 g/mol. The van der Waals surface area contributed by atoms with E-state index < -0.39 is 5.54 Å². The van der Waals surface area contributed by atoms with E-state index >= 15 is 0 Å². The molecular formula is C15H21NO4. The fourth-order valence-electron chi connectivity index (χ4n) is 2.66. The van der Waals surface area contributed by atoms with Gasteiger partial charge in [0.15, 0.2) is 5.76 Å². The first-order valence-electron chi connectivity index (χ1n) is 7.12. The number of amides is 1. The van der Waals surface area contributed by atoms with Crippen LogP contribution in [0, 0.1) is 0 Å². The van der Waals surface area contributed by atoms with Gasteiger partial charge in [0.25, 0.3) is 5.91 Å². The van der Waals surface area contributed by atoms with Gasteiger partial charge in [-0.05, 0) is 38.8 Å². The zero-order valence-corrected chi connectivity index (χ0v) is 12.1. The van der Waals surface area contributed by atoms with Gasteiger partial charge in [0.1, 0.15) is 5.54 Å². The highest BCUT2D eigenvalue weighted by Crippen LogP contribution is 2.30. The normalized spacial score (nSPS) is 23.2. The number of ether oxygens (including phenoxy) is 1. The Morgan fingerprint density at radius 3 is 2.85 bits per heavy atom. The van der Waals surface area contributed by atoms with Crippen LogP contribution in [0.5, 0.6) is 0 Å². The predicted octanol–water partition coefficient (Wildman–Crippen LogP) is 2.62. The molecule has 2 heterocycles.